The lowest BCUT2D eigenvalue weighted by atomic mass is 9.70. The molecule has 1 N–H and O–H groups in total. The van der Waals surface area contributed by atoms with E-state index in [1.807, 2.05) is 0 Å². The van der Waals surface area contributed by atoms with E-state index in [0.717, 1.165) is 25.8 Å². The highest BCUT2D eigenvalue weighted by atomic mass is 15.2. The number of allylic oxidation sites excluding steroid dienone is 4. The van der Waals surface area contributed by atoms with Crippen LogP contribution in [0.25, 0.3) is 17.2 Å². The third-order valence-corrected chi connectivity index (χ3v) is 9.77. The Bertz CT molecular complexity index is 1370. The van der Waals surface area contributed by atoms with Crippen LogP contribution in [-0.4, -0.2) is 30.2 Å². The molecular formula is C35H43N3. The molecule has 3 aliphatic carbocycles. The second-order valence-corrected chi connectivity index (χ2v) is 12.5. The van der Waals surface area contributed by atoms with Crippen LogP contribution >= 0.6 is 0 Å². The number of likely N-dealkylation sites (N-methyl/N-ethyl adjacent to an activating group) is 1. The van der Waals surface area contributed by atoms with Crippen molar-refractivity contribution in [1.29, 1.82) is 0 Å². The summed E-state index contributed by atoms with van der Waals surface area (Å²) in [5, 5.41) is 3.43. The molecule has 2 unspecified atom stereocenters. The summed E-state index contributed by atoms with van der Waals surface area (Å²) in [6.07, 6.45) is 17.9. The van der Waals surface area contributed by atoms with Gasteiger partial charge in [-0.25, -0.2) is 0 Å². The van der Waals surface area contributed by atoms with Crippen molar-refractivity contribution in [2.24, 2.45) is 16.3 Å². The van der Waals surface area contributed by atoms with E-state index in [4.69, 9.17) is 4.99 Å². The van der Waals surface area contributed by atoms with Gasteiger partial charge < -0.3 is 10.2 Å². The van der Waals surface area contributed by atoms with Crippen LogP contribution < -0.4 is 5.32 Å². The molecular weight excluding hydrogens is 462 g/mol. The Morgan fingerprint density at radius 2 is 1.89 bits per heavy atom. The normalized spacial score (nSPS) is 25.7. The highest BCUT2D eigenvalue weighted by Crippen LogP contribution is 2.55. The average Bonchev–Trinajstić information content (AvgIpc) is 3.74. The SMILES string of the molecule is CCNc1ccc(-c2cc(/N=C\C3(C)N(C)C4=CCC(C)C=C4C3(C)C)c(C3CC3)c3c2C=CCC3)cc1. The van der Waals surface area contributed by atoms with Crippen molar-refractivity contribution < 1.29 is 0 Å². The van der Waals surface area contributed by atoms with E-state index in [2.05, 4.69) is 113 Å². The van der Waals surface area contributed by atoms with Crippen molar-refractivity contribution in [1.82, 2.24) is 4.90 Å². The standard InChI is InChI=1S/C35H43N3/c1-7-36-26-17-15-24(16-18-26)29-21-31(33(25-13-14-25)28-11-9-8-10-27(28)29)37-22-35(5)34(3,4)30-20-23(2)12-19-32(30)38(35)6/h8,10,15-23,25,36H,7,9,11-14H2,1-6H3/b37-22-. The minimum atomic E-state index is -0.195. The van der Waals surface area contributed by atoms with Crippen LogP contribution in [0, 0.1) is 11.3 Å². The van der Waals surface area contributed by atoms with Crippen LogP contribution in [0.1, 0.15) is 82.9 Å². The van der Waals surface area contributed by atoms with Crippen molar-refractivity contribution in [3.05, 3.63) is 76.5 Å². The molecule has 1 aliphatic heterocycles. The van der Waals surface area contributed by atoms with Crippen LogP contribution in [-0.2, 0) is 6.42 Å². The number of aliphatic imine (C=N–C) groups is 1. The van der Waals surface area contributed by atoms with Crippen molar-refractivity contribution in [2.45, 2.75) is 78.2 Å². The van der Waals surface area contributed by atoms with Gasteiger partial charge in [0.15, 0.2) is 0 Å². The van der Waals surface area contributed by atoms with Gasteiger partial charge in [-0.3, -0.25) is 4.99 Å². The van der Waals surface area contributed by atoms with E-state index in [-0.39, 0.29) is 11.0 Å². The molecule has 0 aromatic heterocycles. The Hall–Kier alpha value is -3.07. The number of benzene rings is 2. The molecule has 1 heterocycles. The zero-order valence-corrected chi connectivity index (χ0v) is 24.1. The maximum atomic E-state index is 5.43. The zero-order valence-electron chi connectivity index (χ0n) is 24.1. The molecule has 2 aromatic rings. The summed E-state index contributed by atoms with van der Waals surface area (Å²) in [6, 6.07) is 11.3. The largest absolute Gasteiger partial charge is 0.385 e. The van der Waals surface area contributed by atoms with E-state index >= 15 is 0 Å². The molecule has 1 saturated heterocycles. The summed E-state index contributed by atoms with van der Waals surface area (Å²) >= 11 is 0. The molecule has 2 fully saturated rings. The first-order chi connectivity index (χ1) is 18.2. The van der Waals surface area contributed by atoms with Gasteiger partial charge >= 0.3 is 0 Å². The Kier molecular flexibility index (Phi) is 6.17. The summed E-state index contributed by atoms with van der Waals surface area (Å²) < 4.78 is 0. The molecule has 0 amide bonds. The Balaban J connectivity index is 1.47. The maximum absolute atomic E-state index is 5.43. The average molecular weight is 506 g/mol. The fourth-order valence-electron chi connectivity index (χ4n) is 6.86. The lowest BCUT2D eigenvalue weighted by Gasteiger charge is -2.39. The predicted molar refractivity (Wildman–Crippen MR) is 163 cm³/mol. The minimum absolute atomic E-state index is 0.0204. The number of rotatable bonds is 6. The highest BCUT2D eigenvalue weighted by Gasteiger charge is 2.54. The second kappa shape index (κ2) is 9.29. The number of anilines is 1. The first-order valence-corrected chi connectivity index (χ1v) is 14.7. The smallest absolute Gasteiger partial charge is 0.0815 e. The molecule has 4 aliphatic rings. The molecule has 1 saturated carbocycles. The van der Waals surface area contributed by atoms with Crippen molar-refractivity contribution in [2.75, 3.05) is 18.9 Å². The van der Waals surface area contributed by atoms with Gasteiger partial charge in [-0.05, 0) is 109 Å². The third kappa shape index (κ3) is 3.97. The molecule has 0 bridgehead atoms. The summed E-state index contributed by atoms with van der Waals surface area (Å²) in [7, 11) is 2.26. The number of nitrogens with one attached hydrogen (secondary N) is 1. The zero-order chi connectivity index (χ0) is 26.7. The van der Waals surface area contributed by atoms with E-state index in [0.29, 0.717) is 11.8 Å². The third-order valence-electron chi connectivity index (χ3n) is 9.77. The Morgan fingerprint density at radius 3 is 2.61 bits per heavy atom. The van der Waals surface area contributed by atoms with Crippen molar-refractivity contribution in [3.8, 4) is 11.1 Å². The van der Waals surface area contributed by atoms with Gasteiger partial charge in [-0.2, -0.15) is 0 Å². The predicted octanol–water partition coefficient (Wildman–Crippen LogP) is 8.90. The molecule has 2 aromatic carbocycles. The molecule has 6 rings (SSSR count). The monoisotopic (exact) mass is 505 g/mol. The lowest BCUT2D eigenvalue weighted by molar-refractivity contribution is 0.199. The van der Waals surface area contributed by atoms with Crippen molar-refractivity contribution in [3.63, 3.8) is 0 Å². The van der Waals surface area contributed by atoms with Crippen LogP contribution in [0.2, 0.25) is 0 Å². The van der Waals surface area contributed by atoms with Gasteiger partial charge in [-0.1, -0.05) is 57.2 Å². The van der Waals surface area contributed by atoms with E-state index < -0.39 is 0 Å². The van der Waals surface area contributed by atoms with Crippen LogP contribution in [0.15, 0.2) is 64.8 Å². The summed E-state index contributed by atoms with van der Waals surface area (Å²) in [5.41, 5.74) is 12.1. The highest BCUT2D eigenvalue weighted by molar-refractivity contribution is 5.86. The van der Waals surface area contributed by atoms with Crippen LogP contribution in [0.3, 0.4) is 0 Å². The lowest BCUT2D eigenvalue weighted by Crippen LogP contribution is -2.48. The van der Waals surface area contributed by atoms with Gasteiger partial charge in [0, 0.05) is 36.6 Å². The molecule has 38 heavy (non-hydrogen) atoms. The van der Waals surface area contributed by atoms with Crippen molar-refractivity contribution >= 4 is 23.7 Å². The quantitative estimate of drug-likeness (QED) is 0.397. The molecule has 2 atom stereocenters. The Labute approximate surface area is 229 Å². The number of likely N-dealkylation sites (tertiary alicyclic amines) is 1. The topological polar surface area (TPSA) is 27.6 Å². The van der Waals surface area contributed by atoms with E-state index in [1.54, 1.807) is 0 Å². The van der Waals surface area contributed by atoms with E-state index in [9.17, 15) is 0 Å². The summed E-state index contributed by atoms with van der Waals surface area (Å²) in [4.78, 5) is 7.91. The number of hydrogen-bond donors (Lipinski definition) is 1. The van der Waals surface area contributed by atoms with Gasteiger partial charge in [0.1, 0.15) is 0 Å². The second-order valence-electron chi connectivity index (χ2n) is 12.5. The fourth-order valence-corrected chi connectivity index (χ4v) is 6.86. The Morgan fingerprint density at radius 1 is 1.13 bits per heavy atom. The van der Waals surface area contributed by atoms with Crippen LogP contribution in [0.4, 0.5) is 11.4 Å². The maximum Gasteiger partial charge on any atom is 0.0815 e. The fraction of sp³-hybridized carbons (Fsp3) is 0.457. The minimum Gasteiger partial charge on any atom is -0.385 e. The van der Waals surface area contributed by atoms with Gasteiger partial charge in [0.2, 0.25) is 0 Å². The molecule has 3 nitrogen and oxygen atoms in total. The number of fused-ring (bicyclic) bond motifs is 2. The van der Waals surface area contributed by atoms with Gasteiger partial charge in [0.05, 0.1) is 11.2 Å². The first-order valence-electron chi connectivity index (χ1n) is 14.7. The van der Waals surface area contributed by atoms with E-state index in [1.165, 1.54) is 63.3 Å². The number of hydrogen-bond acceptors (Lipinski definition) is 3. The van der Waals surface area contributed by atoms with Gasteiger partial charge in [0.25, 0.3) is 0 Å². The molecule has 3 heteroatoms. The van der Waals surface area contributed by atoms with Crippen LogP contribution in [0.5, 0.6) is 0 Å². The molecule has 0 spiro atoms. The van der Waals surface area contributed by atoms with Gasteiger partial charge in [-0.15, -0.1) is 0 Å². The molecule has 0 radical (unpaired) electrons. The molecule has 198 valence electrons. The summed E-state index contributed by atoms with van der Waals surface area (Å²) in [6.45, 7) is 12.6. The first kappa shape index (κ1) is 25.2. The number of nitrogens with zero attached hydrogens (tertiary/aromatic N) is 2. The summed E-state index contributed by atoms with van der Waals surface area (Å²) in [5.74, 6) is 1.25.